The van der Waals surface area contributed by atoms with E-state index in [9.17, 15) is 14.4 Å². The first-order valence-corrected chi connectivity index (χ1v) is 14.2. The first-order chi connectivity index (χ1) is 18.0. The molecule has 3 aliphatic carbocycles. The minimum absolute atomic E-state index is 0.325. The van der Waals surface area contributed by atoms with Crippen LogP contribution < -0.4 is 5.32 Å². The number of nitrogens with zero attached hydrogens (tertiary/aromatic N) is 1. The monoisotopic (exact) mass is 630 g/mol. The fourth-order valence-corrected chi connectivity index (χ4v) is 8.30. The van der Waals surface area contributed by atoms with Crippen molar-refractivity contribution >= 4 is 74.1 Å². The third-order valence-corrected chi connectivity index (χ3v) is 10.1. The van der Waals surface area contributed by atoms with Gasteiger partial charge in [-0.05, 0) is 46.4 Å². The van der Waals surface area contributed by atoms with Crippen LogP contribution in [0.2, 0.25) is 5.02 Å². The number of hydrogen-bond donors (Lipinski definition) is 1. The Morgan fingerprint density at radius 1 is 0.868 bits per heavy atom. The zero-order chi connectivity index (χ0) is 27.1. The van der Waals surface area contributed by atoms with Gasteiger partial charge in [-0.3, -0.25) is 19.3 Å². The first-order valence-electron chi connectivity index (χ1n) is 12.2. The molecular formula is C29H22BrCl3N2O3. The standard InChI is InChI=1S/C29H22BrCl3N2O3/c1-14(2)24(25(36)34-21-12-11-15(30)13-20(21)31)35-26(37)22-23(27(35)38)29(33)17-8-4-3-7-16(17)28(22,32)18-9-5-6-10-19(18)29/h3-14,22-24H,1-2H3,(H,34,36)/t22-,23-,24-,28?,29?/m0/s1. The van der Waals surface area contributed by atoms with Crippen LogP contribution in [-0.4, -0.2) is 28.7 Å². The van der Waals surface area contributed by atoms with Gasteiger partial charge in [0.05, 0.1) is 22.5 Å². The maximum absolute atomic E-state index is 14.3. The third-order valence-electron chi connectivity index (χ3n) is 7.99. The van der Waals surface area contributed by atoms with Crippen LogP contribution in [0, 0.1) is 17.8 Å². The highest BCUT2D eigenvalue weighted by Crippen LogP contribution is 2.69. The minimum Gasteiger partial charge on any atom is -0.323 e. The fraction of sp³-hybridized carbons (Fsp3) is 0.276. The quantitative estimate of drug-likeness (QED) is 0.259. The summed E-state index contributed by atoms with van der Waals surface area (Å²) in [6.07, 6.45) is 0. The lowest BCUT2D eigenvalue weighted by molar-refractivity contribution is -0.148. The van der Waals surface area contributed by atoms with Gasteiger partial charge in [0.2, 0.25) is 17.7 Å². The van der Waals surface area contributed by atoms with E-state index in [0.717, 1.165) is 9.37 Å². The summed E-state index contributed by atoms with van der Waals surface area (Å²) in [5.74, 6) is -3.84. The molecule has 3 aromatic rings. The van der Waals surface area contributed by atoms with Crippen molar-refractivity contribution in [3.63, 3.8) is 0 Å². The molecule has 3 amide bonds. The van der Waals surface area contributed by atoms with Gasteiger partial charge in [-0.2, -0.15) is 0 Å². The van der Waals surface area contributed by atoms with Gasteiger partial charge >= 0.3 is 0 Å². The minimum atomic E-state index is -1.30. The van der Waals surface area contributed by atoms with Gasteiger partial charge in [-0.15, -0.1) is 23.2 Å². The number of alkyl halides is 2. The molecular weight excluding hydrogens is 611 g/mol. The van der Waals surface area contributed by atoms with E-state index >= 15 is 0 Å². The fourth-order valence-electron chi connectivity index (χ4n) is 6.48. The van der Waals surface area contributed by atoms with Crippen LogP contribution in [0.5, 0.6) is 0 Å². The second-order valence-electron chi connectivity index (χ2n) is 10.3. The number of benzene rings is 3. The summed E-state index contributed by atoms with van der Waals surface area (Å²) in [6.45, 7) is 3.59. The summed E-state index contributed by atoms with van der Waals surface area (Å²) in [7, 11) is 0. The molecule has 1 heterocycles. The van der Waals surface area contributed by atoms with Crippen molar-refractivity contribution in [2.75, 3.05) is 5.32 Å². The Balaban J connectivity index is 1.48. The van der Waals surface area contributed by atoms with E-state index < -0.39 is 51.3 Å². The molecule has 3 atom stereocenters. The Hall–Kier alpha value is -2.38. The van der Waals surface area contributed by atoms with Gasteiger partial charge in [0.25, 0.3) is 0 Å². The Morgan fingerprint density at radius 3 is 1.71 bits per heavy atom. The highest BCUT2D eigenvalue weighted by Gasteiger charge is 2.73. The van der Waals surface area contributed by atoms with Crippen molar-refractivity contribution in [2.45, 2.75) is 29.6 Å². The summed E-state index contributed by atoms with van der Waals surface area (Å²) in [6, 6.07) is 18.9. The van der Waals surface area contributed by atoms with Crippen LogP contribution in [0.1, 0.15) is 36.1 Å². The molecule has 38 heavy (non-hydrogen) atoms. The van der Waals surface area contributed by atoms with Crippen molar-refractivity contribution in [1.82, 2.24) is 4.90 Å². The molecule has 0 saturated carbocycles. The number of rotatable bonds is 4. The summed E-state index contributed by atoms with van der Waals surface area (Å²) < 4.78 is 0.754. The summed E-state index contributed by atoms with van der Waals surface area (Å²) in [5.41, 5.74) is 3.24. The van der Waals surface area contributed by atoms with E-state index in [0.29, 0.717) is 33.0 Å². The molecule has 1 saturated heterocycles. The van der Waals surface area contributed by atoms with Crippen LogP contribution >= 0.6 is 50.7 Å². The zero-order valence-electron chi connectivity index (χ0n) is 20.3. The molecule has 4 aliphatic rings. The van der Waals surface area contributed by atoms with Crippen molar-refractivity contribution in [1.29, 1.82) is 0 Å². The van der Waals surface area contributed by atoms with Crippen molar-refractivity contribution in [2.24, 2.45) is 17.8 Å². The van der Waals surface area contributed by atoms with Crippen LogP contribution in [0.15, 0.2) is 71.2 Å². The average molecular weight is 633 g/mol. The molecule has 0 spiro atoms. The van der Waals surface area contributed by atoms with Gasteiger partial charge in [0.15, 0.2) is 0 Å². The predicted molar refractivity (Wildman–Crippen MR) is 151 cm³/mol. The van der Waals surface area contributed by atoms with Crippen molar-refractivity contribution < 1.29 is 14.4 Å². The maximum Gasteiger partial charge on any atom is 0.247 e. The lowest BCUT2D eigenvalue weighted by atomic mass is 9.54. The molecule has 1 N–H and O–H groups in total. The second-order valence-corrected chi connectivity index (χ2v) is 12.8. The number of anilines is 1. The maximum atomic E-state index is 14.3. The Bertz CT molecular complexity index is 1420. The second kappa shape index (κ2) is 8.82. The van der Waals surface area contributed by atoms with E-state index in [1.807, 2.05) is 48.5 Å². The Labute approximate surface area is 243 Å². The number of imide groups is 1. The molecule has 2 bridgehead atoms. The largest absolute Gasteiger partial charge is 0.323 e. The SMILES string of the molecule is CC(C)[C@@H](C(=O)Nc1ccc(Br)cc1Cl)N1C(=O)[C@@H]2[C@@H](C1=O)C1(Cl)c3ccccc3C2(Cl)c2ccccc21. The zero-order valence-corrected chi connectivity index (χ0v) is 24.2. The highest BCUT2D eigenvalue weighted by molar-refractivity contribution is 9.10. The number of likely N-dealkylation sites (tertiary alicyclic amines) is 1. The Morgan fingerprint density at radius 2 is 1.32 bits per heavy atom. The topological polar surface area (TPSA) is 66.5 Å². The normalized spacial score (nSPS) is 27.7. The molecule has 0 aromatic heterocycles. The molecule has 0 radical (unpaired) electrons. The van der Waals surface area contributed by atoms with Gasteiger partial charge in [0, 0.05) is 4.47 Å². The first kappa shape index (κ1) is 25.9. The molecule has 194 valence electrons. The Kier molecular flexibility index (Phi) is 6.00. The van der Waals surface area contributed by atoms with E-state index in [-0.39, 0.29) is 0 Å². The lowest BCUT2D eigenvalue weighted by Gasteiger charge is -2.54. The van der Waals surface area contributed by atoms with E-state index in [1.54, 1.807) is 32.0 Å². The van der Waals surface area contributed by atoms with Crippen LogP contribution in [-0.2, 0) is 24.1 Å². The highest BCUT2D eigenvalue weighted by atomic mass is 79.9. The molecule has 7 rings (SSSR count). The van der Waals surface area contributed by atoms with Crippen molar-refractivity contribution in [3.8, 4) is 0 Å². The van der Waals surface area contributed by atoms with E-state index in [1.165, 1.54) is 0 Å². The summed E-state index contributed by atoms with van der Waals surface area (Å²) >= 11 is 24.7. The summed E-state index contributed by atoms with van der Waals surface area (Å²) in [5, 5.41) is 3.13. The molecule has 5 nitrogen and oxygen atoms in total. The van der Waals surface area contributed by atoms with Gasteiger partial charge in [-0.25, -0.2) is 0 Å². The van der Waals surface area contributed by atoms with Crippen molar-refractivity contribution in [3.05, 3.63) is 98.5 Å². The number of nitrogens with one attached hydrogen (secondary N) is 1. The predicted octanol–water partition coefficient (Wildman–Crippen LogP) is 6.66. The molecule has 3 aromatic carbocycles. The smallest absolute Gasteiger partial charge is 0.247 e. The lowest BCUT2D eigenvalue weighted by Crippen LogP contribution is -2.57. The molecule has 1 fully saturated rings. The summed E-state index contributed by atoms with van der Waals surface area (Å²) in [4.78, 5) is 40.7. The molecule has 0 unspecified atom stereocenters. The van der Waals surface area contributed by atoms with Crippen LogP contribution in [0.25, 0.3) is 0 Å². The number of hydrogen-bond acceptors (Lipinski definition) is 3. The number of carbonyl (C=O) groups is 3. The van der Waals surface area contributed by atoms with Crippen LogP contribution in [0.3, 0.4) is 0 Å². The van der Waals surface area contributed by atoms with Gasteiger partial charge in [0.1, 0.15) is 15.8 Å². The van der Waals surface area contributed by atoms with E-state index in [2.05, 4.69) is 21.2 Å². The van der Waals surface area contributed by atoms with E-state index in [4.69, 9.17) is 34.8 Å². The van der Waals surface area contributed by atoms with Gasteiger partial charge < -0.3 is 5.32 Å². The molecule has 1 aliphatic heterocycles. The van der Waals surface area contributed by atoms with Crippen LogP contribution in [0.4, 0.5) is 5.69 Å². The van der Waals surface area contributed by atoms with Gasteiger partial charge in [-0.1, -0.05) is 89.9 Å². The number of halogens is 4. The average Bonchev–Trinajstić information content (AvgIpc) is 3.15. The number of amides is 3. The number of carbonyl (C=O) groups excluding carboxylic acids is 3. The third kappa shape index (κ3) is 3.27. The molecule has 9 heteroatoms.